The van der Waals surface area contributed by atoms with Gasteiger partial charge < -0.3 is 9.47 Å². The molecule has 1 saturated heterocycles. The van der Waals surface area contributed by atoms with E-state index in [1.165, 1.54) is 47.3 Å². The van der Waals surface area contributed by atoms with Crippen LogP contribution in [0.1, 0.15) is 63.6 Å². The molecule has 31 heavy (non-hydrogen) atoms. The van der Waals surface area contributed by atoms with Gasteiger partial charge in [0.25, 0.3) is 0 Å². The molecule has 0 saturated carbocycles. The molecule has 0 N–H and O–H groups in total. The maximum absolute atomic E-state index is 4.74. The molecule has 1 aliphatic heterocycles. The molecule has 2 heterocycles. The topological polar surface area (TPSA) is 21.1 Å². The predicted molar refractivity (Wildman–Crippen MR) is 127 cm³/mol. The van der Waals surface area contributed by atoms with E-state index in [-0.39, 0.29) is 31.2 Å². The van der Waals surface area contributed by atoms with Crippen molar-refractivity contribution in [1.82, 2.24) is 9.55 Å². The summed E-state index contributed by atoms with van der Waals surface area (Å²) < 4.78 is 2.21. The van der Waals surface area contributed by atoms with Crippen LogP contribution in [0.25, 0.3) is 17.1 Å². The first-order valence-corrected chi connectivity index (χ1v) is 11.0. The van der Waals surface area contributed by atoms with Crippen molar-refractivity contribution in [3.05, 3.63) is 65.5 Å². The molecule has 0 spiro atoms. The first-order chi connectivity index (χ1) is 14.1. The van der Waals surface area contributed by atoms with Crippen LogP contribution < -0.4 is 4.90 Å². The number of nitrogens with zero attached hydrogens (tertiary/aromatic N) is 3. The molecule has 0 atom stereocenters. The van der Waals surface area contributed by atoms with Crippen LogP contribution in [0.2, 0.25) is 0 Å². The molecule has 3 aromatic rings. The SMILES string of the molecule is Cc1cc(C)c(-n2ccnc2-c2[c-]ccc(N3C(C)(C)CCCC3(C)C)c2)c(C)c1.[Ir]. The van der Waals surface area contributed by atoms with Crippen LogP contribution in [0.4, 0.5) is 5.69 Å². The molecule has 3 nitrogen and oxygen atoms in total. The summed E-state index contributed by atoms with van der Waals surface area (Å²) >= 11 is 0. The number of rotatable bonds is 3. The largest absolute Gasteiger partial charge is 0.378 e. The van der Waals surface area contributed by atoms with Gasteiger partial charge in [-0.05, 0) is 84.5 Å². The van der Waals surface area contributed by atoms with Gasteiger partial charge in [-0.15, -0.1) is 29.8 Å². The number of aryl methyl sites for hydroxylation is 3. The molecule has 1 aliphatic rings. The molecule has 1 radical (unpaired) electrons. The van der Waals surface area contributed by atoms with Crippen molar-refractivity contribution in [2.75, 3.05) is 4.90 Å². The fourth-order valence-electron chi connectivity index (χ4n) is 5.65. The van der Waals surface area contributed by atoms with Crippen LogP contribution in [-0.2, 0) is 20.1 Å². The average molecular weight is 593 g/mol. The zero-order chi connectivity index (χ0) is 21.7. The Bertz CT molecular complexity index is 1040. The van der Waals surface area contributed by atoms with Crippen molar-refractivity contribution in [3.8, 4) is 17.1 Å². The fourth-order valence-corrected chi connectivity index (χ4v) is 5.65. The van der Waals surface area contributed by atoms with Crippen LogP contribution in [0.3, 0.4) is 0 Å². The zero-order valence-electron chi connectivity index (χ0n) is 19.8. The van der Waals surface area contributed by atoms with E-state index >= 15 is 0 Å². The third kappa shape index (κ3) is 4.38. The molecule has 0 unspecified atom stereocenters. The first kappa shape index (κ1) is 23.8. The molecule has 4 rings (SSSR count). The van der Waals surface area contributed by atoms with Crippen LogP contribution in [-0.4, -0.2) is 20.6 Å². The van der Waals surface area contributed by atoms with Crippen molar-refractivity contribution < 1.29 is 20.1 Å². The van der Waals surface area contributed by atoms with Gasteiger partial charge in [0.15, 0.2) is 0 Å². The second-order valence-electron chi connectivity index (χ2n) is 10.1. The van der Waals surface area contributed by atoms with Crippen molar-refractivity contribution in [1.29, 1.82) is 0 Å². The summed E-state index contributed by atoms with van der Waals surface area (Å²) in [4.78, 5) is 7.35. The zero-order valence-corrected chi connectivity index (χ0v) is 22.2. The van der Waals surface area contributed by atoms with Gasteiger partial charge in [0.05, 0.1) is 5.82 Å². The van der Waals surface area contributed by atoms with Crippen molar-refractivity contribution in [2.24, 2.45) is 0 Å². The molecular formula is C27H34IrN3-. The Balaban J connectivity index is 0.00000272. The number of imidazole rings is 1. The molecule has 2 aromatic carbocycles. The Kier molecular flexibility index (Phi) is 6.56. The van der Waals surface area contributed by atoms with Gasteiger partial charge in [0.1, 0.15) is 0 Å². The summed E-state index contributed by atoms with van der Waals surface area (Å²) in [6.45, 7) is 16.0. The van der Waals surface area contributed by atoms with E-state index < -0.39 is 0 Å². The van der Waals surface area contributed by atoms with E-state index in [1.54, 1.807) is 0 Å². The summed E-state index contributed by atoms with van der Waals surface area (Å²) in [6.07, 6.45) is 7.65. The number of hydrogen-bond donors (Lipinski definition) is 0. The van der Waals surface area contributed by atoms with Crippen molar-refractivity contribution >= 4 is 5.69 Å². The monoisotopic (exact) mass is 593 g/mol. The van der Waals surface area contributed by atoms with Crippen LogP contribution in [0.5, 0.6) is 0 Å². The van der Waals surface area contributed by atoms with Gasteiger partial charge in [-0.25, -0.2) is 0 Å². The minimum absolute atomic E-state index is 0. The summed E-state index contributed by atoms with van der Waals surface area (Å²) in [7, 11) is 0. The maximum Gasteiger partial charge on any atom is 0.0603 e. The minimum Gasteiger partial charge on any atom is -0.378 e. The smallest absolute Gasteiger partial charge is 0.0603 e. The van der Waals surface area contributed by atoms with E-state index in [9.17, 15) is 0 Å². The second-order valence-corrected chi connectivity index (χ2v) is 10.1. The third-order valence-corrected chi connectivity index (χ3v) is 6.59. The maximum atomic E-state index is 4.74. The summed E-state index contributed by atoms with van der Waals surface area (Å²) in [5.41, 5.74) is 7.57. The second kappa shape index (κ2) is 8.56. The van der Waals surface area contributed by atoms with Crippen LogP contribution >= 0.6 is 0 Å². The third-order valence-electron chi connectivity index (χ3n) is 6.59. The van der Waals surface area contributed by atoms with Crippen molar-refractivity contribution in [3.63, 3.8) is 0 Å². The normalized spacial score (nSPS) is 17.3. The van der Waals surface area contributed by atoms with Gasteiger partial charge in [0, 0.05) is 49.3 Å². The molecule has 1 aromatic heterocycles. The number of benzene rings is 2. The molecule has 4 heteroatoms. The number of aromatic nitrogens is 2. The van der Waals surface area contributed by atoms with Crippen LogP contribution in [0.15, 0.2) is 42.7 Å². The van der Waals surface area contributed by atoms with Gasteiger partial charge in [-0.3, -0.25) is 4.98 Å². The Morgan fingerprint density at radius 1 is 0.935 bits per heavy atom. The van der Waals surface area contributed by atoms with Gasteiger partial charge in [-0.2, -0.15) is 0 Å². The summed E-state index contributed by atoms with van der Waals surface area (Å²) in [5, 5.41) is 0. The number of hydrogen-bond acceptors (Lipinski definition) is 2. The van der Waals surface area contributed by atoms with Gasteiger partial charge in [-0.1, -0.05) is 17.7 Å². The first-order valence-electron chi connectivity index (χ1n) is 11.0. The van der Waals surface area contributed by atoms with E-state index in [4.69, 9.17) is 4.98 Å². The Hall–Kier alpha value is -1.90. The molecule has 167 valence electrons. The molecule has 0 bridgehead atoms. The average Bonchev–Trinajstić information content (AvgIpc) is 3.08. The summed E-state index contributed by atoms with van der Waals surface area (Å²) in [6, 6.07) is 14.5. The Morgan fingerprint density at radius 2 is 1.55 bits per heavy atom. The van der Waals surface area contributed by atoms with E-state index in [2.05, 4.69) is 101 Å². The standard InChI is InChI=1S/C27H34N3.Ir/c1-19-16-20(2)24(21(3)17-19)29-15-14-28-25(29)22-10-8-11-23(18-22)30-26(4,5)12-9-13-27(30,6)7;/h8,11,14-18H,9,12-13H2,1-7H3;/q-1;. The van der Waals surface area contributed by atoms with E-state index in [1.807, 2.05) is 6.20 Å². The minimum atomic E-state index is 0. The molecule has 0 aliphatic carbocycles. The van der Waals surface area contributed by atoms with E-state index in [0.717, 1.165) is 11.4 Å². The van der Waals surface area contributed by atoms with Gasteiger partial charge in [0.2, 0.25) is 0 Å². The van der Waals surface area contributed by atoms with Crippen molar-refractivity contribution in [2.45, 2.75) is 78.8 Å². The Labute approximate surface area is 201 Å². The Morgan fingerprint density at radius 3 is 2.16 bits per heavy atom. The molecule has 1 fully saturated rings. The molecule has 0 amide bonds. The van der Waals surface area contributed by atoms with Gasteiger partial charge >= 0.3 is 0 Å². The van der Waals surface area contributed by atoms with Crippen LogP contribution in [0, 0.1) is 26.8 Å². The van der Waals surface area contributed by atoms with E-state index in [0.29, 0.717) is 0 Å². The number of piperidine rings is 1. The number of anilines is 1. The predicted octanol–water partition coefficient (Wildman–Crippen LogP) is 6.81. The summed E-state index contributed by atoms with van der Waals surface area (Å²) in [5.74, 6) is 0.944. The molecular weight excluding hydrogens is 559 g/mol. The fraction of sp³-hybridized carbons (Fsp3) is 0.444. The quantitative estimate of drug-likeness (QED) is 0.312.